The highest BCUT2D eigenvalue weighted by Crippen LogP contribution is 2.29. The number of ether oxygens (including phenoxy) is 1. The molecule has 0 spiro atoms. The summed E-state index contributed by atoms with van der Waals surface area (Å²) in [5.41, 5.74) is -0.144. The predicted octanol–water partition coefficient (Wildman–Crippen LogP) is 6.92. The average molecular weight is 533 g/mol. The van der Waals surface area contributed by atoms with Crippen LogP contribution in [0, 0.1) is 22.9 Å². The standard InChI is InChI=1S/C27H27F3N2O4S/c1-15(25(34)35)10-19-20(28)11-17(12-21(19)29)24(33)32-26-31-22(14-37-26)18-7-5-6-16(23(18)30)13-36-9-8-27(2,3)4/h5-7,10-12,14H,8-9,13H2,1-4H3,(H,34,35)(H,31,32,33). The van der Waals surface area contributed by atoms with Crippen LogP contribution in [0.4, 0.5) is 18.3 Å². The summed E-state index contributed by atoms with van der Waals surface area (Å²) in [4.78, 5) is 27.7. The Morgan fingerprint density at radius 2 is 1.84 bits per heavy atom. The van der Waals surface area contributed by atoms with Crippen LogP contribution >= 0.6 is 11.3 Å². The Kier molecular flexibility index (Phi) is 8.88. The van der Waals surface area contributed by atoms with Crippen molar-refractivity contribution in [1.29, 1.82) is 0 Å². The molecule has 1 amide bonds. The van der Waals surface area contributed by atoms with Crippen LogP contribution in [0.15, 0.2) is 41.3 Å². The SMILES string of the molecule is CC(=Cc1c(F)cc(C(=O)Nc2nc(-c3cccc(COCCC(C)(C)C)c3F)cs2)cc1F)C(=O)O. The van der Waals surface area contributed by atoms with Crippen LogP contribution in [0.1, 0.15) is 55.6 Å². The number of anilines is 1. The summed E-state index contributed by atoms with van der Waals surface area (Å²) in [6.07, 6.45) is 1.68. The van der Waals surface area contributed by atoms with Crippen molar-refractivity contribution in [3.8, 4) is 11.3 Å². The zero-order valence-electron chi connectivity index (χ0n) is 20.8. The normalized spacial score (nSPS) is 12.0. The number of hydrogen-bond donors (Lipinski definition) is 2. The maximum Gasteiger partial charge on any atom is 0.331 e. The monoisotopic (exact) mass is 532 g/mol. The molecule has 0 bridgehead atoms. The number of carboxylic acid groups (broad SMARTS) is 1. The first-order valence-electron chi connectivity index (χ1n) is 11.4. The molecule has 2 N–H and O–H groups in total. The van der Waals surface area contributed by atoms with Crippen LogP contribution < -0.4 is 5.32 Å². The summed E-state index contributed by atoms with van der Waals surface area (Å²) in [5, 5.41) is 13.0. The number of hydrogen-bond acceptors (Lipinski definition) is 5. The Morgan fingerprint density at radius 1 is 1.16 bits per heavy atom. The van der Waals surface area contributed by atoms with Gasteiger partial charge in [0.15, 0.2) is 5.13 Å². The minimum absolute atomic E-state index is 0.109. The van der Waals surface area contributed by atoms with E-state index in [2.05, 4.69) is 31.1 Å². The summed E-state index contributed by atoms with van der Waals surface area (Å²) >= 11 is 1.03. The molecule has 1 aromatic heterocycles. The number of aromatic nitrogens is 1. The lowest BCUT2D eigenvalue weighted by molar-refractivity contribution is -0.132. The Hall–Kier alpha value is -3.50. The van der Waals surface area contributed by atoms with Gasteiger partial charge in [-0.3, -0.25) is 10.1 Å². The first kappa shape index (κ1) is 28.1. The summed E-state index contributed by atoms with van der Waals surface area (Å²) in [6.45, 7) is 8.09. The van der Waals surface area contributed by atoms with Crippen LogP contribution in [-0.2, 0) is 16.1 Å². The van der Waals surface area contributed by atoms with Crippen molar-refractivity contribution >= 4 is 34.4 Å². The molecule has 0 saturated heterocycles. The Bertz CT molecular complexity index is 1320. The molecule has 0 aliphatic carbocycles. The van der Waals surface area contributed by atoms with Gasteiger partial charge in [-0.15, -0.1) is 11.3 Å². The molecule has 196 valence electrons. The van der Waals surface area contributed by atoms with E-state index in [0.717, 1.165) is 36.0 Å². The Balaban J connectivity index is 1.73. The molecule has 3 rings (SSSR count). The van der Waals surface area contributed by atoms with E-state index in [1.807, 2.05) is 0 Å². The first-order valence-corrected chi connectivity index (χ1v) is 12.3. The van der Waals surface area contributed by atoms with E-state index in [1.54, 1.807) is 23.6 Å². The highest BCUT2D eigenvalue weighted by molar-refractivity contribution is 7.14. The van der Waals surface area contributed by atoms with Crippen LogP contribution in [-0.4, -0.2) is 28.6 Å². The maximum atomic E-state index is 15.1. The second-order valence-corrected chi connectivity index (χ2v) is 10.5. The third-order valence-corrected chi connectivity index (χ3v) is 6.13. The molecule has 6 nitrogen and oxygen atoms in total. The number of thiazole rings is 1. The Labute approximate surface area is 216 Å². The van der Waals surface area contributed by atoms with Crippen molar-refractivity contribution in [3.05, 3.63) is 75.4 Å². The fraction of sp³-hybridized carbons (Fsp3) is 0.296. The highest BCUT2D eigenvalue weighted by atomic mass is 32.1. The van der Waals surface area contributed by atoms with Gasteiger partial charge in [-0.25, -0.2) is 22.9 Å². The van der Waals surface area contributed by atoms with Gasteiger partial charge >= 0.3 is 5.97 Å². The lowest BCUT2D eigenvalue weighted by Crippen LogP contribution is -2.13. The number of carbonyl (C=O) groups excluding carboxylic acids is 1. The largest absolute Gasteiger partial charge is 0.478 e. The van der Waals surface area contributed by atoms with Crippen LogP contribution in [0.3, 0.4) is 0 Å². The zero-order chi connectivity index (χ0) is 27.3. The number of carboxylic acids is 1. The molecule has 1 heterocycles. The molecular weight excluding hydrogens is 505 g/mol. The van der Waals surface area contributed by atoms with Gasteiger partial charge in [-0.05, 0) is 43.0 Å². The van der Waals surface area contributed by atoms with E-state index in [0.29, 0.717) is 12.2 Å². The molecule has 0 aliphatic rings. The third kappa shape index (κ3) is 7.50. The van der Waals surface area contributed by atoms with Crippen molar-refractivity contribution in [2.24, 2.45) is 5.41 Å². The zero-order valence-corrected chi connectivity index (χ0v) is 21.6. The summed E-state index contributed by atoms with van der Waals surface area (Å²) < 4.78 is 49.5. The predicted molar refractivity (Wildman–Crippen MR) is 137 cm³/mol. The molecule has 2 aromatic carbocycles. The fourth-order valence-electron chi connectivity index (χ4n) is 3.21. The second kappa shape index (κ2) is 11.7. The van der Waals surface area contributed by atoms with Crippen molar-refractivity contribution in [2.75, 3.05) is 11.9 Å². The lowest BCUT2D eigenvalue weighted by atomic mass is 9.93. The van der Waals surface area contributed by atoms with Crippen molar-refractivity contribution in [2.45, 2.75) is 40.7 Å². The van der Waals surface area contributed by atoms with Gasteiger partial charge in [0.1, 0.15) is 17.5 Å². The number of nitrogens with one attached hydrogen (secondary N) is 1. The number of benzene rings is 2. The lowest BCUT2D eigenvalue weighted by Gasteiger charge is -2.17. The van der Waals surface area contributed by atoms with Crippen LogP contribution in [0.5, 0.6) is 0 Å². The molecule has 3 aromatic rings. The molecule has 0 atom stereocenters. The summed E-state index contributed by atoms with van der Waals surface area (Å²) in [6, 6.07) is 6.48. The molecule has 0 aliphatic heterocycles. The van der Waals surface area contributed by atoms with Crippen molar-refractivity contribution in [3.63, 3.8) is 0 Å². The minimum Gasteiger partial charge on any atom is -0.478 e. The topological polar surface area (TPSA) is 88.5 Å². The van der Waals surface area contributed by atoms with Crippen LogP contribution in [0.2, 0.25) is 0 Å². The highest BCUT2D eigenvalue weighted by Gasteiger charge is 2.18. The molecule has 37 heavy (non-hydrogen) atoms. The fourth-order valence-corrected chi connectivity index (χ4v) is 3.91. The van der Waals surface area contributed by atoms with Gasteiger partial charge in [0, 0.05) is 39.8 Å². The van der Waals surface area contributed by atoms with E-state index in [1.165, 1.54) is 6.92 Å². The van der Waals surface area contributed by atoms with Gasteiger partial charge < -0.3 is 9.84 Å². The van der Waals surface area contributed by atoms with E-state index in [4.69, 9.17) is 9.84 Å². The maximum absolute atomic E-state index is 15.1. The van der Waals surface area contributed by atoms with Gasteiger partial charge in [0.2, 0.25) is 0 Å². The number of amides is 1. The number of rotatable bonds is 9. The number of carbonyl (C=O) groups is 2. The van der Waals surface area contributed by atoms with Gasteiger partial charge in [-0.2, -0.15) is 0 Å². The van der Waals surface area contributed by atoms with E-state index < -0.39 is 34.9 Å². The molecule has 0 radical (unpaired) electrons. The third-order valence-electron chi connectivity index (χ3n) is 5.37. The minimum atomic E-state index is -1.32. The quantitative estimate of drug-likeness (QED) is 0.231. The van der Waals surface area contributed by atoms with Gasteiger partial charge in [0.05, 0.1) is 12.3 Å². The summed E-state index contributed by atoms with van der Waals surface area (Å²) in [7, 11) is 0. The molecule has 0 unspecified atom stereocenters. The molecule has 10 heteroatoms. The Morgan fingerprint density at radius 3 is 2.46 bits per heavy atom. The van der Waals surface area contributed by atoms with Crippen LogP contribution in [0.25, 0.3) is 17.3 Å². The van der Waals surface area contributed by atoms with E-state index in [-0.39, 0.29) is 39.5 Å². The molecule has 0 fully saturated rings. The summed E-state index contributed by atoms with van der Waals surface area (Å²) in [5.74, 6) is -4.81. The molecular formula is C27H27F3N2O4S. The number of aliphatic carboxylic acids is 1. The smallest absolute Gasteiger partial charge is 0.331 e. The van der Waals surface area contributed by atoms with E-state index >= 15 is 4.39 Å². The van der Waals surface area contributed by atoms with Crippen molar-refractivity contribution < 1.29 is 32.6 Å². The first-order chi connectivity index (χ1) is 17.4. The van der Waals surface area contributed by atoms with E-state index in [9.17, 15) is 18.4 Å². The number of nitrogens with zero attached hydrogens (tertiary/aromatic N) is 1. The van der Waals surface area contributed by atoms with Gasteiger partial charge in [0.25, 0.3) is 5.91 Å². The van der Waals surface area contributed by atoms with Gasteiger partial charge in [-0.1, -0.05) is 32.9 Å². The second-order valence-electron chi connectivity index (χ2n) is 9.62. The molecule has 0 saturated carbocycles. The average Bonchev–Trinajstić information content (AvgIpc) is 3.27. The number of halogens is 3. The van der Waals surface area contributed by atoms with Crippen molar-refractivity contribution in [1.82, 2.24) is 4.98 Å².